The number of benzene rings is 1. The molecule has 0 amide bonds. The number of rotatable bonds is 1. The van der Waals surface area contributed by atoms with Gasteiger partial charge in [-0.05, 0) is 35.2 Å². The zero-order valence-corrected chi connectivity index (χ0v) is 12.2. The maximum atomic E-state index is 12.7. The molecule has 0 aliphatic carbocycles. The number of hydrogen-bond acceptors (Lipinski definition) is 3. The van der Waals surface area contributed by atoms with E-state index in [0.717, 1.165) is 16.3 Å². The van der Waals surface area contributed by atoms with Crippen LogP contribution in [0.25, 0.3) is 6.08 Å². The Bertz CT molecular complexity index is 729. The fourth-order valence-electron chi connectivity index (χ4n) is 2.07. The van der Waals surface area contributed by atoms with Crippen molar-refractivity contribution in [2.24, 2.45) is 0 Å². The van der Waals surface area contributed by atoms with Gasteiger partial charge < -0.3 is 0 Å². The van der Waals surface area contributed by atoms with Gasteiger partial charge in [0.15, 0.2) is 5.78 Å². The molecule has 0 saturated carbocycles. The maximum Gasteiger partial charge on any atom is 0.416 e. The highest BCUT2D eigenvalue weighted by Crippen LogP contribution is 2.37. The van der Waals surface area contributed by atoms with E-state index in [9.17, 15) is 18.0 Å². The van der Waals surface area contributed by atoms with Crippen LogP contribution in [-0.2, 0) is 6.18 Å². The highest BCUT2D eigenvalue weighted by molar-refractivity contribution is 8.01. The Morgan fingerprint density at radius 2 is 2.00 bits per heavy atom. The summed E-state index contributed by atoms with van der Waals surface area (Å²) < 4.78 is 39.0. The zero-order valence-electron chi connectivity index (χ0n) is 10.6. The van der Waals surface area contributed by atoms with Gasteiger partial charge in [-0.15, -0.1) is 23.1 Å². The normalized spacial score (nSPS) is 17.1. The minimum Gasteiger partial charge on any atom is -0.289 e. The molecule has 1 nitrogen and oxygen atoms in total. The molecule has 3 rings (SSSR count). The molecule has 108 valence electrons. The number of hydrogen-bond donors (Lipinski definition) is 0. The molecule has 0 bridgehead atoms. The minimum atomic E-state index is -4.37. The molecule has 6 heteroatoms. The molecule has 2 aromatic rings. The third-order valence-electron chi connectivity index (χ3n) is 3.08. The van der Waals surface area contributed by atoms with Crippen molar-refractivity contribution in [3.8, 4) is 0 Å². The van der Waals surface area contributed by atoms with Crippen LogP contribution in [0, 0.1) is 0 Å². The summed E-state index contributed by atoms with van der Waals surface area (Å²) in [6.07, 6.45) is -2.83. The van der Waals surface area contributed by atoms with Gasteiger partial charge in [0, 0.05) is 16.9 Å². The number of ketones is 1. The number of carbonyl (C=O) groups excluding carboxylic acids is 1. The first-order valence-electron chi connectivity index (χ1n) is 6.08. The minimum absolute atomic E-state index is 0.0950. The molecule has 1 aromatic carbocycles. The van der Waals surface area contributed by atoms with Crippen LogP contribution in [0.15, 0.2) is 45.5 Å². The standard InChI is InChI=1S/C15H9F3OS2/c16-15(17,18)11-3-1-2-9(7-11)6-10-8-21-14-12(13(10)19)4-5-20-14/h1-7H,8H2/b10-6+. The van der Waals surface area contributed by atoms with Gasteiger partial charge >= 0.3 is 6.18 Å². The Balaban J connectivity index is 1.95. The molecular formula is C15H9F3OS2. The second-order valence-electron chi connectivity index (χ2n) is 4.53. The molecule has 0 saturated heterocycles. The molecule has 2 heterocycles. The molecule has 1 aliphatic heterocycles. The van der Waals surface area contributed by atoms with Crippen LogP contribution in [0.5, 0.6) is 0 Å². The van der Waals surface area contributed by atoms with Gasteiger partial charge in [-0.1, -0.05) is 12.1 Å². The van der Waals surface area contributed by atoms with Crippen LogP contribution >= 0.6 is 23.1 Å². The van der Waals surface area contributed by atoms with Crippen LogP contribution < -0.4 is 0 Å². The summed E-state index contributed by atoms with van der Waals surface area (Å²) in [6, 6.07) is 6.77. The van der Waals surface area contributed by atoms with Crippen LogP contribution in [0.2, 0.25) is 0 Å². The van der Waals surface area contributed by atoms with Crippen LogP contribution in [0.4, 0.5) is 13.2 Å². The van der Waals surface area contributed by atoms with E-state index in [1.165, 1.54) is 17.4 Å². The lowest BCUT2D eigenvalue weighted by Gasteiger charge is -2.13. The lowest BCUT2D eigenvalue weighted by Crippen LogP contribution is -2.10. The molecule has 0 unspecified atom stereocenters. The average molecular weight is 326 g/mol. The maximum absolute atomic E-state index is 12.7. The molecule has 0 spiro atoms. The van der Waals surface area contributed by atoms with Crippen molar-refractivity contribution in [3.05, 3.63) is 58.0 Å². The lowest BCUT2D eigenvalue weighted by molar-refractivity contribution is -0.137. The smallest absolute Gasteiger partial charge is 0.289 e. The van der Waals surface area contributed by atoms with E-state index < -0.39 is 11.7 Å². The van der Waals surface area contributed by atoms with E-state index in [4.69, 9.17) is 0 Å². The van der Waals surface area contributed by atoms with Crippen molar-refractivity contribution in [2.75, 3.05) is 5.75 Å². The zero-order chi connectivity index (χ0) is 15.0. The first kappa shape index (κ1) is 14.4. The fraction of sp³-hybridized carbons (Fsp3) is 0.133. The van der Waals surface area contributed by atoms with Gasteiger partial charge in [-0.2, -0.15) is 13.2 Å². The highest BCUT2D eigenvalue weighted by atomic mass is 32.2. The Labute approximate surface area is 127 Å². The lowest BCUT2D eigenvalue weighted by atomic mass is 10.0. The molecular weight excluding hydrogens is 317 g/mol. The summed E-state index contributed by atoms with van der Waals surface area (Å²) in [5, 5.41) is 1.85. The van der Waals surface area contributed by atoms with Crippen molar-refractivity contribution < 1.29 is 18.0 Å². The predicted octanol–water partition coefficient (Wildman–Crippen LogP) is 5.14. The summed E-state index contributed by atoms with van der Waals surface area (Å²) in [7, 11) is 0. The molecule has 0 N–H and O–H groups in total. The number of thioether (sulfide) groups is 1. The second kappa shape index (κ2) is 5.35. The Morgan fingerprint density at radius 1 is 1.19 bits per heavy atom. The van der Waals surface area contributed by atoms with Crippen LogP contribution in [0.3, 0.4) is 0 Å². The Hall–Kier alpha value is -1.53. The number of halogens is 3. The first-order chi connectivity index (χ1) is 9.95. The van der Waals surface area contributed by atoms with Crippen LogP contribution in [0.1, 0.15) is 21.5 Å². The fourth-order valence-corrected chi connectivity index (χ4v) is 4.12. The molecule has 21 heavy (non-hydrogen) atoms. The number of alkyl halides is 3. The summed E-state index contributed by atoms with van der Waals surface area (Å²) in [5.41, 5.74) is 0.871. The SMILES string of the molecule is O=C1/C(=C/c2cccc(C(F)(F)F)c2)CSc2sccc21. The third-order valence-corrected chi connectivity index (χ3v) is 5.37. The van der Waals surface area contributed by atoms with Crippen molar-refractivity contribution >= 4 is 35.0 Å². The van der Waals surface area contributed by atoms with E-state index in [2.05, 4.69) is 0 Å². The highest BCUT2D eigenvalue weighted by Gasteiger charge is 2.30. The number of fused-ring (bicyclic) bond motifs is 1. The molecule has 1 aliphatic rings. The Morgan fingerprint density at radius 3 is 2.76 bits per heavy atom. The van der Waals surface area contributed by atoms with Gasteiger partial charge in [0.1, 0.15) is 0 Å². The van der Waals surface area contributed by atoms with Gasteiger partial charge in [-0.25, -0.2) is 0 Å². The molecule has 0 atom stereocenters. The Kier molecular flexibility index (Phi) is 3.67. The monoisotopic (exact) mass is 326 g/mol. The number of thiophene rings is 1. The van der Waals surface area contributed by atoms with Crippen LogP contribution in [-0.4, -0.2) is 11.5 Å². The third kappa shape index (κ3) is 2.91. The molecule has 0 radical (unpaired) electrons. The molecule has 1 aromatic heterocycles. The number of carbonyl (C=O) groups is 1. The van der Waals surface area contributed by atoms with E-state index in [-0.39, 0.29) is 5.78 Å². The van der Waals surface area contributed by atoms with E-state index in [0.29, 0.717) is 22.5 Å². The topological polar surface area (TPSA) is 17.1 Å². The van der Waals surface area contributed by atoms with Crippen molar-refractivity contribution in [1.29, 1.82) is 0 Å². The quantitative estimate of drug-likeness (QED) is 0.675. The largest absolute Gasteiger partial charge is 0.416 e. The van der Waals surface area contributed by atoms with E-state index in [1.54, 1.807) is 30.0 Å². The van der Waals surface area contributed by atoms with Gasteiger partial charge in [-0.3, -0.25) is 4.79 Å². The summed E-state index contributed by atoms with van der Waals surface area (Å²) in [6.45, 7) is 0. The summed E-state index contributed by atoms with van der Waals surface area (Å²) in [5.74, 6) is 0.394. The van der Waals surface area contributed by atoms with Gasteiger partial charge in [0.2, 0.25) is 0 Å². The van der Waals surface area contributed by atoms with Crippen molar-refractivity contribution in [3.63, 3.8) is 0 Å². The average Bonchev–Trinajstić information content (AvgIpc) is 2.91. The molecule has 0 fully saturated rings. The summed E-state index contributed by atoms with van der Waals surface area (Å²) >= 11 is 3.05. The van der Waals surface area contributed by atoms with Crippen molar-refractivity contribution in [2.45, 2.75) is 10.4 Å². The van der Waals surface area contributed by atoms with E-state index in [1.807, 2.05) is 5.38 Å². The predicted molar refractivity (Wildman–Crippen MR) is 78.8 cm³/mol. The first-order valence-corrected chi connectivity index (χ1v) is 7.94. The van der Waals surface area contributed by atoms with Gasteiger partial charge in [0.05, 0.1) is 9.77 Å². The number of Topliss-reactive ketones (excluding diaryl/α,β-unsaturated/α-hetero) is 1. The summed E-state index contributed by atoms with van der Waals surface area (Å²) in [4.78, 5) is 12.3. The second-order valence-corrected chi connectivity index (χ2v) is 6.69. The van der Waals surface area contributed by atoms with E-state index >= 15 is 0 Å². The van der Waals surface area contributed by atoms with Crippen molar-refractivity contribution in [1.82, 2.24) is 0 Å². The van der Waals surface area contributed by atoms with Gasteiger partial charge in [0.25, 0.3) is 0 Å².